The highest BCUT2D eigenvalue weighted by molar-refractivity contribution is 7.88. The number of sulfonamides is 2. The van der Waals surface area contributed by atoms with Crippen LogP contribution in [0.4, 0.5) is 8.78 Å². The Kier molecular flexibility index (Phi) is 19.1. The number of carbonyl (C=O) groups is 3. The number of benzene rings is 3. The minimum atomic E-state index is -4.08. The highest BCUT2D eigenvalue weighted by Gasteiger charge is 2.48. The van der Waals surface area contributed by atoms with Crippen LogP contribution < -0.4 is 5.90 Å². The summed E-state index contributed by atoms with van der Waals surface area (Å²) in [4.78, 5) is 65.7. The summed E-state index contributed by atoms with van der Waals surface area (Å²) >= 11 is 15.3. The van der Waals surface area contributed by atoms with Crippen molar-refractivity contribution in [2.75, 3.05) is 39.8 Å². The van der Waals surface area contributed by atoms with E-state index in [0.717, 1.165) is 24.6 Å². The zero-order chi connectivity index (χ0) is 53.8. The van der Waals surface area contributed by atoms with Crippen LogP contribution in [-0.4, -0.2) is 137 Å². The topological polar surface area (TPSA) is 277 Å². The first-order valence-corrected chi connectivity index (χ1v) is 27.6. The van der Waals surface area contributed by atoms with E-state index in [1.807, 2.05) is 0 Å². The van der Waals surface area contributed by atoms with E-state index in [4.69, 9.17) is 52.7 Å². The standard InChI is InChI=1S/C26H22ClFN4O6S2.C19H18ClFN4O5S2.ClH.H3NO/c1-37-26(34)21-20-13-17(32(40(2,35)36)38-25(33)15-6-4-3-5-7-15)14-31(20)23(24-29-10-11-39-24)30-22(21)18-9-8-16(28)12-19(18)27;1-30-19(26)15-14-8-11(25(27)32(2,28)29)9-24(14)17(18-22-5-6-31-18)23-16(15)12-4-3-10(21)7-13(12)20;;1-2/h3-12,17,22H,13-14H2,1-2H3;3-7,11,16,27H,8-9H2,1-2H3;1H;2H,1H2/t17-,22-;11-,16-;;/m00../s1. The van der Waals surface area contributed by atoms with Gasteiger partial charge in [-0.15, -0.1) is 35.1 Å². The fraction of sp³-hybridized carbons (Fsp3) is 0.267. The van der Waals surface area contributed by atoms with Crippen LogP contribution >= 0.6 is 58.3 Å². The minimum absolute atomic E-state index is 0. The number of hydroxylamine groups is 2. The van der Waals surface area contributed by atoms with E-state index in [0.29, 0.717) is 48.7 Å². The number of hydrogen-bond donors (Lipinski definition) is 3. The maximum absolute atomic E-state index is 13.9. The number of nitrogens with zero attached hydrogens (tertiary/aromatic N) is 8. The van der Waals surface area contributed by atoms with Gasteiger partial charge in [-0.1, -0.05) is 58.0 Å². The van der Waals surface area contributed by atoms with Crippen molar-refractivity contribution < 1.29 is 64.7 Å². The number of rotatable bonds is 12. The molecule has 0 bridgehead atoms. The quantitative estimate of drug-likeness (QED) is 0.0911. The lowest BCUT2D eigenvalue weighted by Gasteiger charge is -2.31. The summed E-state index contributed by atoms with van der Waals surface area (Å²) in [7, 11) is -5.57. The molecule has 5 aromatic rings. The Hall–Kier alpha value is -5.82. The molecule has 4 atom stereocenters. The molecule has 4 N–H and O–H groups in total. The van der Waals surface area contributed by atoms with Gasteiger partial charge in [0, 0.05) is 81.7 Å². The van der Waals surface area contributed by atoms with Gasteiger partial charge in [-0.05, 0) is 40.9 Å². The van der Waals surface area contributed by atoms with Crippen LogP contribution in [0, 0.1) is 11.6 Å². The summed E-state index contributed by atoms with van der Waals surface area (Å²) in [6.45, 7) is 0.0366. The summed E-state index contributed by atoms with van der Waals surface area (Å²) in [5, 5.41) is 21.4. The molecule has 6 heterocycles. The first-order valence-electron chi connectivity index (χ1n) is 21.4. The maximum Gasteiger partial charge on any atom is 0.357 e. The van der Waals surface area contributed by atoms with E-state index in [1.54, 1.807) is 51.2 Å². The maximum atomic E-state index is 13.9. The normalized spacial score (nSPS) is 19.2. The van der Waals surface area contributed by atoms with Gasteiger partial charge >= 0.3 is 17.9 Å². The first kappa shape index (κ1) is 58.4. The molecule has 0 radical (unpaired) electrons. The summed E-state index contributed by atoms with van der Waals surface area (Å²) in [6, 6.07) is 11.8. The lowest BCUT2D eigenvalue weighted by molar-refractivity contribution is -0.137. The van der Waals surface area contributed by atoms with Gasteiger partial charge in [0.15, 0.2) is 21.7 Å². The lowest BCUT2D eigenvalue weighted by Crippen LogP contribution is -2.43. The number of halogens is 5. The summed E-state index contributed by atoms with van der Waals surface area (Å²) in [6.07, 6.45) is 4.97. The second kappa shape index (κ2) is 24.5. The highest BCUT2D eigenvalue weighted by atomic mass is 35.5. The van der Waals surface area contributed by atoms with Crippen molar-refractivity contribution in [1.82, 2.24) is 28.7 Å². The second-order valence-corrected chi connectivity index (χ2v) is 22.4. The van der Waals surface area contributed by atoms with Gasteiger partial charge in [-0.25, -0.2) is 55.9 Å². The molecular weight excluding hydrogens is 1130 g/mol. The average Bonchev–Trinajstić information content (AvgIpc) is 4.23. The molecule has 4 aliphatic rings. The van der Waals surface area contributed by atoms with E-state index in [9.17, 15) is 45.2 Å². The zero-order valence-corrected chi connectivity index (χ0v) is 45.1. The fourth-order valence-electron chi connectivity index (χ4n) is 8.47. The van der Waals surface area contributed by atoms with E-state index in [1.165, 1.54) is 73.3 Å². The van der Waals surface area contributed by atoms with Crippen LogP contribution in [0.25, 0.3) is 0 Å². The summed E-state index contributed by atoms with van der Waals surface area (Å²) < 4.78 is 88.1. The van der Waals surface area contributed by atoms with Crippen molar-refractivity contribution in [3.05, 3.63) is 161 Å². The van der Waals surface area contributed by atoms with Crippen molar-refractivity contribution in [2.24, 2.45) is 15.9 Å². The van der Waals surface area contributed by atoms with E-state index in [2.05, 4.69) is 15.9 Å². The second-order valence-electron chi connectivity index (χ2n) is 16.2. The van der Waals surface area contributed by atoms with Crippen LogP contribution in [-0.2, 0) is 43.9 Å². The van der Waals surface area contributed by atoms with Gasteiger partial charge in [0.05, 0.1) is 55.5 Å². The molecule has 400 valence electrons. The van der Waals surface area contributed by atoms with Gasteiger partial charge in [-0.3, -0.25) is 15.2 Å². The third-order valence-electron chi connectivity index (χ3n) is 11.5. The third-order valence-corrected chi connectivity index (χ3v) is 15.7. The van der Waals surface area contributed by atoms with Gasteiger partial charge in [0.1, 0.15) is 23.7 Å². The highest BCUT2D eigenvalue weighted by Crippen LogP contribution is 2.45. The van der Waals surface area contributed by atoms with Crippen LogP contribution in [0.5, 0.6) is 0 Å². The summed E-state index contributed by atoms with van der Waals surface area (Å²) in [5.74, 6) is 0.862. The Bertz CT molecular complexity index is 3300. The SMILES string of the molecule is COC(=O)C1=C2C[C@H](N(O)S(C)(=O)=O)CN2C(c2nccs2)=N[C@H]1c1ccc(F)cc1Cl.COC(=O)C1=C2C[C@H](N(OC(=O)c3ccccc3)S(C)(=O)=O)CN2C(c2nccs2)=N[C@H]1c1ccc(F)cc1Cl.Cl.NO. The molecule has 2 aromatic heterocycles. The number of nitrogens with two attached hydrogens (primary N) is 1. The molecular formula is C45H44Cl3F2N9O12S4. The number of esters is 2. The van der Waals surface area contributed by atoms with Gasteiger partial charge in [0.2, 0.25) is 20.0 Å². The molecule has 75 heavy (non-hydrogen) atoms. The molecule has 0 unspecified atom stereocenters. The predicted octanol–water partition coefficient (Wildman–Crippen LogP) is 6.32. The van der Waals surface area contributed by atoms with Crippen molar-refractivity contribution >= 4 is 108 Å². The Morgan fingerprint density at radius 1 is 0.707 bits per heavy atom. The molecule has 21 nitrogen and oxygen atoms in total. The van der Waals surface area contributed by atoms with Crippen LogP contribution in [0.3, 0.4) is 0 Å². The monoisotopic (exact) mass is 1170 g/mol. The lowest BCUT2D eigenvalue weighted by atomic mass is 9.94. The number of carbonyl (C=O) groups excluding carboxylic acids is 3. The molecule has 0 saturated carbocycles. The van der Waals surface area contributed by atoms with Crippen molar-refractivity contribution in [3.8, 4) is 0 Å². The van der Waals surface area contributed by atoms with Crippen molar-refractivity contribution in [2.45, 2.75) is 37.0 Å². The smallest absolute Gasteiger partial charge is 0.357 e. The first-order chi connectivity index (χ1) is 35.2. The van der Waals surface area contributed by atoms with E-state index in [-0.39, 0.29) is 69.6 Å². The number of aliphatic imine (C=N–C) groups is 2. The van der Waals surface area contributed by atoms with E-state index < -0.39 is 73.8 Å². The largest absolute Gasteiger partial charge is 0.466 e. The van der Waals surface area contributed by atoms with Gasteiger partial charge in [0.25, 0.3) is 0 Å². The average molecular weight is 1180 g/mol. The van der Waals surface area contributed by atoms with Crippen LogP contribution in [0.2, 0.25) is 10.0 Å². The molecule has 0 aliphatic carbocycles. The molecule has 0 amide bonds. The Labute approximate surface area is 452 Å². The number of methoxy groups -OCH3 is 2. The Morgan fingerprint density at radius 3 is 1.53 bits per heavy atom. The number of fused-ring (bicyclic) bond motifs is 2. The van der Waals surface area contributed by atoms with E-state index >= 15 is 0 Å². The molecule has 4 aliphatic heterocycles. The number of aromatic nitrogens is 2. The van der Waals surface area contributed by atoms with Crippen LogP contribution in [0.15, 0.2) is 122 Å². The Balaban J connectivity index is 0.000000238. The predicted molar refractivity (Wildman–Crippen MR) is 274 cm³/mol. The molecule has 30 heteroatoms. The molecule has 2 saturated heterocycles. The molecule has 3 aromatic carbocycles. The number of thiazole rings is 2. The molecule has 2 fully saturated rings. The van der Waals surface area contributed by atoms with Gasteiger partial charge in [-0.2, -0.15) is 0 Å². The fourth-order valence-corrected chi connectivity index (χ4v) is 11.9. The number of hydrogen-bond acceptors (Lipinski definition) is 21. The minimum Gasteiger partial charge on any atom is -0.466 e. The Morgan fingerprint density at radius 2 is 1.15 bits per heavy atom. The number of ether oxygens (including phenoxy) is 2. The zero-order valence-electron chi connectivity index (χ0n) is 39.5. The van der Waals surface area contributed by atoms with Crippen molar-refractivity contribution in [1.29, 1.82) is 0 Å². The molecule has 0 spiro atoms. The van der Waals surface area contributed by atoms with Crippen LogP contribution in [0.1, 0.15) is 56.4 Å². The van der Waals surface area contributed by atoms with Gasteiger partial charge < -0.3 is 29.3 Å². The van der Waals surface area contributed by atoms with Crippen molar-refractivity contribution in [3.63, 3.8) is 0 Å². The third kappa shape index (κ3) is 12.6. The summed E-state index contributed by atoms with van der Waals surface area (Å²) in [5.41, 5.74) is 1.94. The molecule has 9 rings (SSSR count). The number of amidine groups is 2.